The van der Waals surface area contributed by atoms with Crippen LogP contribution in [0.1, 0.15) is 25.5 Å². The molecule has 0 spiro atoms. The van der Waals surface area contributed by atoms with Crippen LogP contribution in [0.2, 0.25) is 0 Å². The minimum Gasteiger partial charge on any atom is -0.351 e. The van der Waals surface area contributed by atoms with Crippen molar-refractivity contribution in [2.24, 2.45) is 0 Å². The molecule has 2 amide bonds. The fourth-order valence-corrected chi connectivity index (χ4v) is 1.69. The fraction of sp³-hybridized carbons (Fsp3) is 0.417. The Bertz CT molecular complexity index is 407. The zero-order chi connectivity index (χ0) is 13.5. The lowest BCUT2D eigenvalue weighted by atomic mass is 10.0. The quantitative estimate of drug-likeness (QED) is 0.783. The zero-order valence-corrected chi connectivity index (χ0v) is 10.6. The van der Waals surface area contributed by atoms with Crippen LogP contribution < -0.4 is 5.32 Å². The molecule has 0 aromatic carbocycles. The Balaban J connectivity index is 2.98. The monoisotopic (exact) mass is 245 g/mol. The van der Waals surface area contributed by atoms with Crippen molar-refractivity contribution >= 4 is 19.6 Å². The molecule has 0 bridgehead atoms. The topological polar surface area (TPSA) is 62.3 Å². The molecule has 1 aromatic heterocycles. The molecule has 1 unspecified atom stereocenters. The molecule has 0 saturated carbocycles. The van der Waals surface area contributed by atoms with Crippen LogP contribution in [0.4, 0.5) is 4.79 Å². The van der Waals surface area contributed by atoms with Gasteiger partial charge in [-0.25, -0.2) is 0 Å². The normalized spacial score (nSPS) is 11.7. The molecule has 1 atom stereocenters. The number of nitrogens with one attached hydrogen (secondary N) is 1. The number of carbonyl (C=O) groups is 2. The van der Waals surface area contributed by atoms with Crippen molar-refractivity contribution in [3.8, 4) is 0 Å². The maximum atomic E-state index is 12.3. The molecule has 5 nitrogen and oxygen atoms in total. The van der Waals surface area contributed by atoms with E-state index in [0.29, 0.717) is 18.7 Å². The number of amides is 2. The van der Waals surface area contributed by atoms with E-state index in [4.69, 9.17) is 7.85 Å². The standard InChI is InChI=1S/C12H16BN3O2/c1-3-16(4-2)11(17)10(15-12(13)18)9-6-5-7-14-8-9/h5-8,10H,3-4H2,1-2H3,(H,15,18). The molecular weight excluding hydrogens is 229 g/mol. The molecule has 0 fully saturated rings. The van der Waals surface area contributed by atoms with Crippen molar-refractivity contribution in [2.45, 2.75) is 19.9 Å². The first-order valence-electron chi connectivity index (χ1n) is 5.84. The summed E-state index contributed by atoms with van der Waals surface area (Å²) in [4.78, 5) is 28.9. The summed E-state index contributed by atoms with van der Waals surface area (Å²) >= 11 is 0. The summed E-state index contributed by atoms with van der Waals surface area (Å²) in [6.07, 6.45) is 3.15. The van der Waals surface area contributed by atoms with Crippen molar-refractivity contribution in [2.75, 3.05) is 13.1 Å². The molecule has 1 N–H and O–H groups in total. The summed E-state index contributed by atoms with van der Waals surface area (Å²) in [5.41, 5.74) is 0.619. The van der Waals surface area contributed by atoms with Gasteiger partial charge in [0.15, 0.2) is 5.81 Å². The van der Waals surface area contributed by atoms with Crippen molar-refractivity contribution in [3.05, 3.63) is 30.1 Å². The molecule has 0 saturated heterocycles. The highest BCUT2D eigenvalue weighted by Crippen LogP contribution is 2.14. The van der Waals surface area contributed by atoms with E-state index >= 15 is 0 Å². The Hall–Kier alpha value is -1.85. The second kappa shape index (κ2) is 6.78. The van der Waals surface area contributed by atoms with E-state index in [0.717, 1.165) is 0 Å². The van der Waals surface area contributed by atoms with E-state index < -0.39 is 11.8 Å². The van der Waals surface area contributed by atoms with Crippen LogP contribution in [0.15, 0.2) is 24.5 Å². The van der Waals surface area contributed by atoms with Crippen LogP contribution in [-0.4, -0.2) is 42.5 Å². The lowest BCUT2D eigenvalue weighted by Crippen LogP contribution is -2.42. The predicted octanol–water partition coefficient (Wildman–Crippen LogP) is 0.869. The Morgan fingerprint density at radius 2 is 2.11 bits per heavy atom. The van der Waals surface area contributed by atoms with Crippen LogP contribution in [-0.2, 0) is 4.79 Å². The van der Waals surface area contributed by atoms with E-state index in [1.54, 1.807) is 29.4 Å². The minimum atomic E-state index is -0.781. The average molecular weight is 245 g/mol. The van der Waals surface area contributed by atoms with Gasteiger partial charge in [-0.3, -0.25) is 14.6 Å². The molecule has 1 heterocycles. The highest BCUT2D eigenvalue weighted by Gasteiger charge is 2.24. The lowest BCUT2D eigenvalue weighted by molar-refractivity contribution is -0.132. The maximum Gasteiger partial charge on any atom is 0.249 e. The molecule has 0 aliphatic rings. The third-order valence-electron chi connectivity index (χ3n) is 2.63. The Kier molecular flexibility index (Phi) is 5.36. The Labute approximate surface area is 108 Å². The van der Waals surface area contributed by atoms with Crippen molar-refractivity contribution in [1.29, 1.82) is 0 Å². The number of pyridine rings is 1. The van der Waals surface area contributed by atoms with Crippen molar-refractivity contribution in [3.63, 3.8) is 0 Å². The third kappa shape index (κ3) is 3.58. The number of hydrogen-bond acceptors (Lipinski definition) is 3. The first kappa shape index (κ1) is 14.2. The van der Waals surface area contributed by atoms with E-state index in [1.807, 2.05) is 13.8 Å². The summed E-state index contributed by atoms with van der Waals surface area (Å²) in [5, 5.41) is 2.45. The summed E-state index contributed by atoms with van der Waals surface area (Å²) in [6, 6.07) is 2.66. The number of carbonyl (C=O) groups excluding carboxylic acids is 2. The predicted molar refractivity (Wildman–Crippen MR) is 69.2 cm³/mol. The molecule has 1 aromatic rings. The summed E-state index contributed by atoms with van der Waals surface area (Å²) in [6.45, 7) is 4.91. The molecule has 18 heavy (non-hydrogen) atoms. The highest BCUT2D eigenvalue weighted by molar-refractivity contribution is 6.57. The maximum absolute atomic E-state index is 12.3. The van der Waals surface area contributed by atoms with Crippen LogP contribution in [0.5, 0.6) is 0 Å². The smallest absolute Gasteiger partial charge is 0.249 e. The molecule has 0 aliphatic carbocycles. The van der Waals surface area contributed by atoms with E-state index in [2.05, 4.69) is 10.3 Å². The first-order chi connectivity index (χ1) is 8.60. The van der Waals surface area contributed by atoms with E-state index in [9.17, 15) is 9.59 Å². The zero-order valence-electron chi connectivity index (χ0n) is 10.6. The van der Waals surface area contributed by atoms with Gasteiger partial charge in [0.25, 0.3) is 0 Å². The van der Waals surface area contributed by atoms with Gasteiger partial charge < -0.3 is 10.2 Å². The van der Waals surface area contributed by atoms with E-state index in [1.165, 1.54) is 0 Å². The lowest BCUT2D eigenvalue weighted by Gasteiger charge is -2.25. The Morgan fingerprint density at radius 1 is 1.44 bits per heavy atom. The van der Waals surface area contributed by atoms with Crippen molar-refractivity contribution in [1.82, 2.24) is 15.2 Å². The third-order valence-corrected chi connectivity index (χ3v) is 2.63. The highest BCUT2D eigenvalue weighted by atomic mass is 16.2. The van der Waals surface area contributed by atoms with Gasteiger partial charge in [0.05, 0.1) is 0 Å². The molecule has 0 aliphatic heterocycles. The molecular formula is C12H16BN3O2. The summed E-state index contributed by atoms with van der Waals surface area (Å²) in [5.74, 6) is -0.920. The molecule has 6 heteroatoms. The van der Waals surface area contributed by atoms with Gasteiger partial charge in [-0.15, -0.1) is 0 Å². The molecule has 1 rings (SSSR count). The van der Waals surface area contributed by atoms with Gasteiger partial charge >= 0.3 is 0 Å². The largest absolute Gasteiger partial charge is 0.351 e. The van der Waals surface area contributed by atoms with Gasteiger partial charge in [0.1, 0.15) is 6.04 Å². The van der Waals surface area contributed by atoms with Crippen LogP contribution >= 0.6 is 0 Å². The number of hydrogen-bond donors (Lipinski definition) is 1. The van der Waals surface area contributed by atoms with Crippen molar-refractivity contribution < 1.29 is 9.59 Å². The second-order valence-electron chi connectivity index (χ2n) is 3.74. The minimum absolute atomic E-state index is 0.188. The van der Waals surface area contributed by atoms with Gasteiger partial charge in [-0.1, -0.05) is 6.07 Å². The van der Waals surface area contributed by atoms with Gasteiger partial charge in [-0.05, 0) is 19.9 Å². The van der Waals surface area contributed by atoms with E-state index in [-0.39, 0.29) is 5.91 Å². The average Bonchev–Trinajstić information content (AvgIpc) is 2.38. The number of nitrogens with zero attached hydrogens (tertiary/aromatic N) is 2. The van der Waals surface area contributed by atoms with Crippen LogP contribution in [0.3, 0.4) is 0 Å². The van der Waals surface area contributed by atoms with Gasteiger partial charge in [0, 0.05) is 31.0 Å². The molecule has 2 radical (unpaired) electrons. The number of likely N-dealkylation sites (N-methyl/N-ethyl adjacent to an activating group) is 1. The second-order valence-corrected chi connectivity index (χ2v) is 3.74. The Morgan fingerprint density at radius 3 is 2.56 bits per heavy atom. The van der Waals surface area contributed by atoms with Gasteiger partial charge in [-0.2, -0.15) is 0 Å². The summed E-state index contributed by atoms with van der Waals surface area (Å²) < 4.78 is 0. The van der Waals surface area contributed by atoms with Crippen LogP contribution in [0.25, 0.3) is 0 Å². The number of rotatable bonds is 5. The van der Waals surface area contributed by atoms with Crippen LogP contribution in [0, 0.1) is 0 Å². The van der Waals surface area contributed by atoms with Gasteiger partial charge in [0.2, 0.25) is 13.8 Å². The number of aromatic nitrogens is 1. The SMILES string of the molecule is [B]C(=O)NC(C(=O)N(CC)CC)c1cccnc1. The summed E-state index contributed by atoms with van der Waals surface area (Å²) in [7, 11) is 5.11. The fourth-order valence-electron chi connectivity index (χ4n) is 1.69. The first-order valence-corrected chi connectivity index (χ1v) is 5.84. The molecule has 94 valence electrons.